The molecule has 0 radical (unpaired) electrons. The Hall–Kier alpha value is -1.77. The lowest BCUT2D eigenvalue weighted by atomic mass is 9.91. The van der Waals surface area contributed by atoms with Crippen LogP contribution in [0.2, 0.25) is 0 Å². The van der Waals surface area contributed by atoms with Crippen molar-refractivity contribution in [1.82, 2.24) is 15.4 Å². The van der Waals surface area contributed by atoms with Gasteiger partial charge in [0.15, 0.2) is 5.58 Å². The van der Waals surface area contributed by atoms with Crippen molar-refractivity contribution >= 4 is 44.1 Å². The zero-order valence-corrected chi connectivity index (χ0v) is 19.3. The van der Waals surface area contributed by atoms with E-state index in [0.717, 1.165) is 60.9 Å². The predicted molar refractivity (Wildman–Crippen MR) is 120 cm³/mol. The van der Waals surface area contributed by atoms with Crippen molar-refractivity contribution in [3.8, 4) is 0 Å². The van der Waals surface area contributed by atoms with E-state index in [4.69, 9.17) is 4.52 Å². The molecular formula is C22H25BrFN3O2S. The number of carbonyl (C=O) groups excluding carboxylic acids is 1. The maximum absolute atomic E-state index is 13.4. The smallest absolute Gasteiger partial charge is 0.216 e. The summed E-state index contributed by atoms with van der Waals surface area (Å²) in [6, 6.07) is 6.87. The fraction of sp³-hybridized carbons (Fsp3) is 0.455. The van der Waals surface area contributed by atoms with Gasteiger partial charge in [-0.3, -0.25) is 4.79 Å². The second-order valence-electron chi connectivity index (χ2n) is 7.79. The molecule has 1 N–H and O–H groups in total. The minimum Gasteiger partial charge on any atom is -0.356 e. The van der Waals surface area contributed by atoms with Gasteiger partial charge >= 0.3 is 0 Å². The predicted octanol–water partition coefficient (Wildman–Crippen LogP) is 4.89. The zero-order chi connectivity index (χ0) is 21.1. The van der Waals surface area contributed by atoms with Crippen molar-refractivity contribution in [2.75, 3.05) is 26.2 Å². The average Bonchev–Trinajstić information content (AvgIpc) is 3.29. The van der Waals surface area contributed by atoms with Gasteiger partial charge in [-0.25, -0.2) is 4.39 Å². The first kappa shape index (κ1) is 21.5. The first-order valence-corrected chi connectivity index (χ1v) is 11.9. The van der Waals surface area contributed by atoms with Crippen LogP contribution in [0.5, 0.6) is 0 Å². The van der Waals surface area contributed by atoms with E-state index in [1.807, 2.05) is 11.3 Å². The Balaban J connectivity index is 1.27. The molecule has 0 aliphatic carbocycles. The Kier molecular flexibility index (Phi) is 6.85. The number of nitrogens with one attached hydrogen (secondary N) is 1. The molecule has 160 valence electrons. The molecule has 0 saturated carbocycles. The van der Waals surface area contributed by atoms with Gasteiger partial charge < -0.3 is 14.7 Å². The molecule has 1 fully saturated rings. The Morgan fingerprint density at radius 2 is 2.13 bits per heavy atom. The zero-order valence-electron chi connectivity index (χ0n) is 16.9. The summed E-state index contributed by atoms with van der Waals surface area (Å²) in [4.78, 5) is 16.2. The summed E-state index contributed by atoms with van der Waals surface area (Å²) in [6.07, 6.45) is 3.95. The minimum absolute atomic E-state index is 0.0112. The van der Waals surface area contributed by atoms with Crippen LogP contribution in [0.15, 0.2) is 33.3 Å². The van der Waals surface area contributed by atoms with Crippen molar-refractivity contribution < 1.29 is 13.7 Å². The molecule has 1 aliphatic heterocycles. The molecule has 4 rings (SSSR count). The Labute approximate surface area is 187 Å². The highest BCUT2D eigenvalue weighted by atomic mass is 79.9. The topological polar surface area (TPSA) is 58.4 Å². The molecule has 8 heteroatoms. The fourth-order valence-corrected chi connectivity index (χ4v) is 5.94. The Bertz CT molecular complexity index is 1030. The molecule has 5 nitrogen and oxygen atoms in total. The number of piperidine rings is 1. The first-order valence-electron chi connectivity index (χ1n) is 10.3. The summed E-state index contributed by atoms with van der Waals surface area (Å²) in [5.41, 5.74) is 1.50. The van der Waals surface area contributed by atoms with Crippen LogP contribution in [0.4, 0.5) is 4.39 Å². The lowest BCUT2D eigenvalue weighted by Crippen LogP contribution is -2.34. The molecule has 0 bridgehead atoms. The van der Waals surface area contributed by atoms with Crippen LogP contribution < -0.4 is 5.32 Å². The van der Waals surface area contributed by atoms with Gasteiger partial charge in [0, 0.05) is 58.0 Å². The highest BCUT2D eigenvalue weighted by Crippen LogP contribution is 2.33. The second-order valence-corrected chi connectivity index (χ2v) is 9.87. The maximum atomic E-state index is 13.4. The number of likely N-dealkylation sites (tertiary alicyclic amines) is 1. The molecule has 30 heavy (non-hydrogen) atoms. The fourth-order valence-electron chi connectivity index (χ4n) is 4.03. The molecule has 1 aliphatic rings. The normalized spacial score (nSPS) is 15.7. The SMILES string of the molecule is CC(=O)NCCc1sc(CCN2CCC(c3noc4cc(F)ccc34)CC2)cc1Br. The third-order valence-electron chi connectivity index (χ3n) is 5.65. The van der Waals surface area contributed by atoms with Crippen molar-refractivity contribution in [3.05, 3.63) is 50.0 Å². The van der Waals surface area contributed by atoms with E-state index in [-0.39, 0.29) is 11.7 Å². The highest BCUT2D eigenvalue weighted by molar-refractivity contribution is 9.10. The van der Waals surface area contributed by atoms with Gasteiger partial charge in [-0.1, -0.05) is 5.16 Å². The lowest BCUT2D eigenvalue weighted by molar-refractivity contribution is -0.118. The quantitative estimate of drug-likeness (QED) is 0.508. The summed E-state index contributed by atoms with van der Waals surface area (Å²) in [5.74, 6) is 0.0832. The molecule has 0 atom stereocenters. The second kappa shape index (κ2) is 9.58. The van der Waals surface area contributed by atoms with Crippen molar-refractivity contribution in [3.63, 3.8) is 0 Å². The number of hydrogen-bond donors (Lipinski definition) is 1. The van der Waals surface area contributed by atoms with Gasteiger partial charge in [0.25, 0.3) is 0 Å². The molecule has 2 aromatic heterocycles. The maximum Gasteiger partial charge on any atom is 0.216 e. The third kappa shape index (κ3) is 5.10. The Morgan fingerprint density at radius 1 is 1.33 bits per heavy atom. The van der Waals surface area contributed by atoms with E-state index < -0.39 is 0 Å². The monoisotopic (exact) mass is 493 g/mol. The molecule has 3 heterocycles. The van der Waals surface area contributed by atoms with Crippen molar-refractivity contribution in [2.24, 2.45) is 0 Å². The summed E-state index contributed by atoms with van der Waals surface area (Å²) in [7, 11) is 0. The molecule has 0 spiro atoms. The van der Waals surface area contributed by atoms with Gasteiger partial charge in [0.2, 0.25) is 5.91 Å². The standard InChI is InChI=1S/C22H25BrFN3O2S/c1-14(28)25-8-4-21-19(23)13-17(30-21)7-11-27-9-5-15(6-10-27)22-18-3-2-16(24)12-20(18)29-26-22/h2-3,12-13,15H,4-11H2,1H3,(H,25,28). The van der Waals surface area contributed by atoms with Gasteiger partial charge in [0.05, 0.1) is 5.69 Å². The minimum atomic E-state index is -0.293. The van der Waals surface area contributed by atoms with E-state index >= 15 is 0 Å². The number of halogens is 2. The number of fused-ring (bicyclic) bond motifs is 1. The van der Waals surface area contributed by atoms with E-state index in [1.54, 1.807) is 13.0 Å². The molecule has 1 saturated heterocycles. The van der Waals surface area contributed by atoms with E-state index in [1.165, 1.54) is 21.9 Å². The number of aromatic nitrogens is 1. The molecular weight excluding hydrogens is 469 g/mol. The van der Waals surface area contributed by atoms with Gasteiger partial charge in [0.1, 0.15) is 5.82 Å². The molecule has 0 unspecified atom stereocenters. The summed E-state index contributed by atoms with van der Waals surface area (Å²) >= 11 is 5.47. The summed E-state index contributed by atoms with van der Waals surface area (Å²) in [6.45, 7) is 5.31. The molecule has 1 aromatic carbocycles. The number of amides is 1. The van der Waals surface area contributed by atoms with Crippen molar-refractivity contribution in [1.29, 1.82) is 0 Å². The largest absolute Gasteiger partial charge is 0.356 e. The molecule has 3 aromatic rings. The van der Waals surface area contributed by atoms with Crippen molar-refractivity contribution in [2.45, 2.75) is 38.5 Å². The molecule has 1 amide bonds. The number of thiophene rings is 1. The summed E-state index contributed by atoms with van der Waals surface area (Å²) < 4.78 is 19.9. The van der Waals surface area contributed by atoms with Crippen LogP contribution in [-0.4, -0.2) is 42.1 Å². The van der Waals surface area contributed by atoms with Crippen LogP contribution in [-0.2, 0) is 17.6 Å². The van der Waals surface area contributed by atoms with Crippen LogP contribution in [0.3, 0.4) is 0 Å². The number of carbonyl (C=O) groups is 1. The summed E-state index contributed by atoms with van der Waals surface area (Å²) in [5, 5.41) is 8.02. The van der Waals surface area contributed by atoms with Gasteiger partial charge in [-0.2, -0.15) is 0 Å². The number of benzene rings is 1. The van der Waals surface area contributed by atoms with E-state index in [2.05, 4.69) is 37.4 Å². The van der Waals surface area contributed by atoms with Crippen LogP contribution >= 0.6 is 27.3 Å². The number of rotatable bonds is 7. The average molecular weight is 494 g/mol. The third-order valence-corrected chi connectivity index (χ3v) is 7.87. The van der Waals surface area contributed by atoms with Crippen LogP contribution in [0.1, 0.15) is 41.1 Å². The van der Waals surface area contributed by atoms with Crippen LogP contribution in [0, 0.1) is 5.82 Å². The lowest BCUT2D eigenvalue weighted by Gasteiger charge is -2.31. The number of hydrogen-bond acceptors (Lipinski definition) is 5. The van der Waals surface area contributed by atoms with Gasteiger partial charge in [-0.15, -0.1) is 11.3 Å². The Morgan fingerprint density at radius 3 is 2.90 bits per heavy atom. The van der Waals surface area contributed by atoms with Gasteiger partial charge in [-0.05, 0) is 66.5 Å². The van der Waals surface area contributed by atoms with E-state index in [9.17, 15) is 9.18 Å². The first-order chi connectivity index (χ1) is 14.5. The number of nitrogens with zero attached hydrogens (tertiary/aromatic N) is 2. The highest BCUT2D eigenvalue weighted by Gasteiger charge is 2.25. The van der Waals surface area contributed by atoms with E-state index in [0.29, 0.717) is 18.0 Å². The van der Waals surface area contributed by atoms with Crippen LogP contribution in [0.25, 0.3) is 11.0 Å².